The van der Waals surface area contributed by atoms with Crippen LogP contribution in [0.15, 0.2) is 95.5 Å². The van der Waals surface area contributed by atoms with Gasteiger partial charge in [0.25, 0.3) is 11.8 Å². The average Bonchev–Trinajstić information content (AvgIpc) is 3.08. The summed E-state index contributed by atoms with van der Waals surface area (Å²) in [5.41, 5.74) is -0.584. The lowest BCUT2D eigenvalue weighted by atomic mass is 10.1. The zero-order chi connectivity index (χ0) is 35.7. The highest BCUT2D eigenvalue weighted by Gasteiger charge is 2.34. The quantitative estimate of drug-likeness (QED) is 0.101. The summed E-state index contributed by atoms with van der Waals surface area (Å²) in [6, 6.07) is 21.1. The number of thioether (sulfide) groups is 1. The molecule has 0 fully saturated rings. The summed E-state index contributed by atoms with van der Waals surface area (Å²) < 4.78 is 56.8. The number of methoxy groups -OCH3 is 3. The largest absolute Gasteiger partial charge is 0.496 e. The minimum Gasteiger partial charge on any atom is -0.496 e. The highest BCUT2D eigenvalue weighted by atomic mass is 35.5. The first-order valence-corrected chi connectivity index (χ1v) is 15.7. The van der Waals surface area contributed by atoms with E-state index < -0.39 is 40.4 Å². The highest BCUT2D eigenvalue weighted by Crippen LogP contribution is 2.38. The number of rotatable bonds is 12. The van der Waals surface area contributed by atoms with E-state index in [2.05, 4.69) is 16.0 Å². The van der Waals surface area contributed by atoms with E-state index in [0.717, 1.165) is 23.9 Å². The summed E-state index contributed by atoms with van der Waals surface area (Å²) in [5.74, 6) is -0.816. The maximum atomic E-state index is 13.7. The van der Waals surface area contributed by atoms with Gasteiger partial charge in [-0.15, -0.1) is 11.8 Å². The molecule has 0 saturated heterocycles. The molecule has 49 heavy (non-hydrogen) atoms. The number of halogens is 4. The van der Waals surface area contributed by atoms with Crippen molar-refractivity contribution in [3.05, 3.63) is 112 Å². The maximum Gasteiger partial charge on any atom is 0.418 e. The summed E-state index contributed by atoms with van der Waals surface area (Å²) in [5, 5.41) is 6.78. The molecule has 0 aromatic heterocycles. The number of carbonyl (C=O) groups excluding carboxylic acids is 3. The standard InChI is InChI=1S/C35H31ClF3N3O6S/c1-20(32(43)41-27-14-13-23(36)17-26(27)35(37,38)39)49-25-12-8-11-24(18-25)40-34(45)28(42-33(44)21-9-6-5-7-10-21)15-22-16-30(47-3)31(48-4)19-29(22)46-2/h5-20H,1-4H3,(H,40,45)(H,41,43)(H,42,44)/b28-15+. The molecular weight excluding hydrogens is 683 g/mol. The number of nitrogens with one attached hydrogen (secondary N) is 3. The molecule has 14 heteroatoms. The predicted molar refractivity (Wildman–Crippen MR) is 183 cm³/mol. The number of anilines is 2. The third-order valence-electron chi connectivity index (χ3n) is 6.88. The van der Waals surface area contributed by atoms with Gasteiger partial charge < -0.3 is 30.2 Å². The molecule has 0 spiro atoms. The fourth-order valence-electron chi connectivity index (χ4n) is 4.46. The molecular formula is C35H31ClF3N3O6S. The minimum absolute atomic E-state index is 0.118. The average molecular weight is 714 g/mol. The second-order valence-electron chi connectivity index (χ2n) is 10.2. The van der Waals surface area contributed by atoms with Crippen molar-refractivity contribution in [2.24, 2.45) is 0 Å². The Kier molecular flexibility index (Phi) is 12.2. The molecule has 3 amide bonds. The molecule has 0 radical (unpaired) electrons. The normalized spacial score (nSPS) is 12.0. The van der Waals surface area contributed by atoms with Crippen molar-refractivity contribution in [2.45, 2.75) is 23.2 Å². The first-order chi connectivity index (χ1) is 23.3. The van der Waals surface area contributed by atoms with Crippen LogP contribution in [0.5, 0.6) is 17.2 Å². The van der Waals surface area contributed by atoms with Gasteiger partial charge in [-0.1, -0.05) is 35.9 Å². The van der Waals surface area contributed by atoms with Crippen LogP contribution >= 0.6 is 23.4 Å². The summed E-state index contributed by atoms with van der Waals surface area (Å²) in [4.78, 5) is 40.2. The predicted octanol–water partition coefficient (Wildman–Crippen LogP) is 7.91. The molecule has 1 unspecified atom stereocenters. The van der Waals surface area contributed by atoms with Crippen LogP contribution in [0.3, 0.4) is 0 Å². The highest BCUT2D eigenvalue weighted by molar-refractivity contribution is 8.00. The molecule has 4 aromatic rings. The number of benzene rings is 4. The molecule has 0 aliphatic rings. The van der Waals surface area contributed by atoms with Crippen LogP contribution in [0.1, 0.15) is 28.4 Å². The molecule has 256 valence electrons. The van der Waals surface area contributed by atoms with Gasteiger partial charge in [-0.25, -0.2) is 0 Å². The Balaban J connectivity index is 1.57. The van der Waals surface area contributed by atoms with Crippen LogP contribution < -0.4 is 30.2 Å². The van der Waals surface area contributed by atoms with Crippen LogP contribution in [-0.2, 0) is 15.8 Å². The van der Waals surface area contributed by atoms with E-state index in [9.17, 15) is 27.6 Å². The number of hydrogen-bond donors (Lipinski definition) is 3. The van der Waals surface area contributed by atoms with E-state index in [0.29, 0.717) is 39.0 Å². The molecule has 0 saturated carbocycles. The number of amides is 3. The molecule has 1 atom stereocenters. The van der Waals surface area contributed by atoms with Gasteiger partial charge in [0.05, 0.1) is 37.8 Å². The van der Waals surface area contributed by atoms with Gasteiger partial charge in [-0.05, 0) is 67.6 Å². The smallest absolute Gasteiger partial charge is 0.418 e. The van der Waals surface area contributed by atoms with E-state index in [-0.39, 0.29) is 10.7 Å². The van der Waals surface area contributed by atoms with Gasteiger partial charge in [0.15, 0.2) is 11.5 Å². The zero-order valence-electron chi connectivity index (χ0n) is 26.6. The first kappa shape index (κ1) is 36.7. The Morgan fingerprint density at radius 1 is 0.816 bits per heavy atom. The van der Waals surface area contributed by atoms with Gasteiger partial charge >= 0.3 is 6.18 Å². The summed E-state index contributed by atoms with van der Waals surface area (Å²) in [6.45, 7) is 1.53. The van der Waals surface area contributed by atoms with Crippen LogP contribution in [-0.4, -0.2) is 44.3 Å². The molecule has 0 bridgehead atoms. The van der Waals surface area contributed by atoms with Gasteiger partial charge in [-0.2, -0.15) is 13.2 Å². The fraction of sp³-hybridized carbons (Fsp3) is 0.171. The van der Waals surface area contributed by atoms with Gasteiger partial charge in [0.2, 0.25) is 5.91 Å². The Bertz CT molecular complexity index is 1870. The molecule has 0 heterocycles. The van der Waals surface area contributed by atoms with Crippen molar-refractivity contribution in [1.82, 2.24) is 5.32 Å². The van der Waals surface area contributed by atoms with Crippen molar-refractivity contribution in [3.8, 4) is 17.2 Å². The lowest BCUT2D eigenvalue weighted by Crippen LogP contribution is -2.30. The lowest BCUT2D eigenvalue weighted by molar-refractivity contribution is -0.137. The Morgan fingerprint density at radius 2 is 1.49 bits per heavy atom. The number of carbonyl (C=O) groups is 3. The third kappa shape index (κ3) is 9.71. The second-order valence-corrected chi connectivity index (χ2v) is 12.1. The molecule has 0 aliphatic heterocycles. The number of hydrogen-bond acceptors (Lipinski definition) is 7. The fourth-order valence-corrected chi connectivity index (χ4v) is 5.56. The van der Waals surface area contributed by atoms with Crippen molar-refractivity contribution >= 4 is 58.5 Å². The Labute approximate surface area is 289 Å². The summed E-state index contributed by atoms with van der Waals surface area (Å²) >= 11 is 6.81. The monoisotopic (exact) mass is 713 g/mol. The van der Waals surface area contributed by atoms with Crippen LogP contribution in [0.25, 0.3) is 6.08 Å². The van der Waals surface area contributed by atoms with E-state index in [1.54, 1.807) is 66.7 Å². The van der Waals surface area contributed by atoms with Gasteiger partial charge in [-0.3, -0.25) is 14.4 Å². The Morgan fingerprint density at radius 3 is 2.14 bits per heavy atom. The number of alkyl halides is 3. The van der Waals surface area contributed by atoms with E-state index in [4.69, 9.17) is 25.8 Å². The SMILES string of the molecule is COc1cc(OC)c(OC)cc1/C=C(/NC(=O)c1ccccc1)C(=O)Nc1cccc(SC(C)C(=O)Nc2ccc(Cl)cc2C(F)(F)F)c1. The third-order valence-corrected chi connectivity index (χ3v) is 8.21. The van der Waals surface area contributed by atoms with E-state index in [1.165, 1.54) is 40.4 Å². The van der Waals surface area contributed by atoms with Crippen molar-refractivity contribution in [3.63, 3.8) is 0 Å². The van der Waals surface area contributed by atoms with E-state index >= 15 is 0 Å². The minimum atomic E-state index is -4.73. The maximum absolute atomic E-state index is 13.7. The molecule has 0 aliphatic carbocycles. The zero-order valence-corrected chi connectivity index (χ0v) is 28.2. The van der Waals surface area contributed by atoms with Crippen molar-refractivity contribution in [2.75, 3.05) is 32.0 Å². The lowest BCUT2D eigenvalue weighted by Gasteiger charge is -2.17. The topological polar surface area (TPSA) is 115 Å². The number of ether oxygens (including phenoxy) is 3. The van der Waals surface area contributed by atoms with Gasteiger partial charge in [0, 0.05) is 32.8 Å². The van der Waals surface area contributed by atoms with Crippen LogP contribution in [0.2, 0.25) is 5.02 Å². The Hall–Kier alpha value is -5.14. The van der Waals surface area contributed by atoms with Gasteiger partial charge in [0.1, 0.15) is 11.4 Å². The van der Waals surface area contributed by atoms with Crippen molar-refractivity contribution in [1.29, 1.82) is 0 Å². The van der Waals surface area contributed by atoms with Crippen molar-refractivity contribution < 1.29 is 41.8 Å². The molecule has 4 rings (SSSR count). The molecule has 3 N–H and O–H groups in total. The van der Waals surface area contributed by atoms with Crippen LogP contribution in [0, 0.1) is 0 Å². The van der Waals surface area contributed by atoms with Crippen LogP contribution in [0.4, 0.5) is 24.5 Å². The molecule has 9 nitrogen and oxygen atoms in total. The summed E-state index contributed by atoms with van der Waals surface area (Å²) in [6.07, 6.45) is -3.30. The first-order valence-electron chi connectivity index (χ1n) is 14.5. The second kappa shape index (κ2) is 16.3. The molecule has 4 aromatic carbocycles. The summed E-state index contributed by atoms with van der Waals surface area (Å²) in [7, 11) is 4.36. The van der Waals surface area contributed by atoms with E-state index in [1.807, 2.05) is 0 Å².